The van der Waals surface area contributed by atoms with Crippen LogP contribution >= 0.6 is 15.9 Å². The van der Waals surface area contributed by atoms with Crippen molar-refractivity contribution in [2.45, 2.75) is 31.8 Å². The minimum atomic E-state index is -0.421. The summed E-state index contributed by atoms with van der Waals surface area (Å²) in [6.07, 6.45) is 5.10. The van der Waals surface area contributed by atoms with Gasteiger partial charge in [0.25, 0.3) is 0 Å². The van der Waals surface area contributed by atoms with E-state index in [0.29, 0.717) is 16.7 Å². The number of halogens is 1. The molecule has 19 heavy (non-hydrogen) atoms. The number of hydrogen-bond acceptors (Lipinski definition) is 4. The second kappa shape index (κ2) is 5.77. The molecule has 1 amide bonds. The van der Waals surface area contributed by atoms with E-state index in [1.54, 1.807) is 4.90 Å². The van der Waals surface area contributed by atoms with Crippen LogP contribution < -0.4 is 0 Å². The predicted molar refractivity (Wildman–Crippen MR) is 72.8 cm³/mol. The maximum absolute atomic E-state index is 12.0. The molecule has 0 aromatic heterocycles. The molecule has 2 heterocycles. The van der Waals surface area contributed by atoms with Crippen molar-refractivity contribution in [3.05, 3.63) is 22.2 Å². The molecule has 2 aliphatic rings. The van der Waals surface area contributed by atoms with Gasteiger partial charge in [0.15, 0.2) is 0 Å². The molecule has 0 aromatic rings. The number of methoxy groups -OCH3 is 1. The zero-order valence-electron chi connectivity index (χ0n) is 10.9. The highest BCUT2D eigenvalue weighted by Gasteiger charge is 2.47. The largest absolute Gasteiger partial charge is 0.466 e. The molecule has 6 heteroatoms. The van der Waals surface area contributed by atoms with E-state index in [0.717, 1.165) is 12.8 Å². The average Bonchev–Trinajstić information content (AvgIpc) is 2.93. The summed E-state index contributed by atoms with van der Waals surface area (Å²) in [7, 11) is 1.33. The van der Waals surface area contributed by atoms with Crippen LogP contribution in [0.4, 0.5) is 4.79 Å². The second-order valence-corrected chi connectivity index (χ2v) is 5.26. The quantitative estimate of drug-likeness (QED) is 0.451. The van der Waals surface area contributed by atoms with Crippen molar-refractivity contribution in [3.8, 4) is 0 Å². The number of amides is 1. The maximum Gasteiger partial charge on any atom is 0.411 e. The van der Waals surface area contributed by atoms with Crippen molar-refractivity contribution in [3.63, 3.8) is 0 Å². The number of ether oxygens (including phenoxy) is 2. The van der Waals surface area contributed by atoms with Crippen LogP contribution in [-0.4, -0.2) is 42.8 Å². The topological polar surface area (TPSA) is 55.8 Å². The Balaban J connectivity index is 2.08. The van der Waals surface area contributed by atoms with Crippen LogP contribution in [0.1, 0.15) is 19.8 Å². The lowest BCUT2D eigenvalue weighted by molar-refractivity contribution is -0.136. The standard InChI is InChI=1S/C13H16BrNO4/c1-3-4-7-19-13(17)15-8-5-6-9(15)11(14)10(8)12(16)18-2/h5-6,8-9H,3-4,7H2,1-2H3. The Hall–Kier alpha value is -1.30. The van der Waals surface area contributed by atoms with Gasteiger partial charge in [-0.1, -0.05) is 41.4 Å². The van der Waals surface area contributed by atoms with Gasteiger partial charge in [-0.2, -0.15) is 0 Å². The Morgan fingerprint density at radius 2 is 2.05 bits per heavy atom. The summed E-state index contributed by atoms with van der Waals surface area (Å²) in [5, 5.41) is 0. The molecular weight excluding hydrogens is 314 g/mol. The molecule has 0 radical (unpaired) electrons. The third kappa shape index (κ3) is 2.41. The number of carbonyl (C=O) groups is 2. The third-order valence-corrected chi connectivity index (χ3v) is 4.12. The summed E-state index contributed by atoms with van der Waals surface area (Å²) in [6, 6.07) is -0.644. The molecule has 104 valence electrons. The van der Waals surface area contributed by atoms with E-state index in [1.807, 2.05) is 19.1 Å². The molecule has 0 fully saturated rings. The number of hydrogen-bond donors (Lipinski definition) is 0. The normalized spacial score (nSPS) is 24.1. The number of carbonyl (C=O) groups excluding carboxylic acids is 2. The Labute approximate surface area is 120 Å². The van der Waals surface area contributed by atoms with Gasteiger partial charge in [-0.05, 0) is 6.42 Å². The van der Waals surface area contributed by atoms with Gasteiger partial charge in [-0.15, -0.1) is 0 Å². The van der Waals surface area contributed by atoms with Crippen LogP contribution in [0.2, 0.25) is 0 Å². The summed E-state index contributed by atoms with van der Waals surface area (Å²) in [4.78, 5) is 25.3. The zero-order valence-corrected chi connectivity index (χ0v) is 12.5. The molecule has 2 rings (SSSR count). The van der Waals surface area contributed by atoms with Crippen molar-refractivity contribution in [2.75, 3.05) is 13.7 Å². The molecule has 2 unspecified atom stereocenters. The minimum absolute atomic E-state index is 0.256. The molecule has 2 bridgehead atoms. The fourth-order valence-electron chi connectivity index (χ4n) is 2.25. The van der Waals surface area contributed by atoms with Gasteiger partial charge in [0.1, 0.15) is 0 Å². The van der Waals surface area contributed by atoms with Gasteiger partial charge < -0.3 is 9.47 Å². The molecule has 0 N–H and O–H groups in total. The number of rotatable bonds is 4. The van der Waals surface area contributed by atoms with E-state index >= 15 is 0 Å². The van der Waals surface area contributed by atoms with Crippen LogP contribution in [-0.2, 0) is 14.3 Å². The zero-order chi connectivity index (χ0) is 14.0. The summed E-state index contributed by atoms with van der Waals surface area (Å²) in [6.45, 7) is 2.43. The molecule has 0 saturated carbocycles. The van der Waals surface area contributed by atoms with Crippen molar-refractivity contribution in [2.24, 2.45) is 0 Å². The summed E-state index contributed by atoms with van der Waals surface area (Å²) < 4.78 is 10.6. The molecule has 5 nitrogen and oxygen atoms in total. The van der Waals surface area contributed by atoms with Crippen LogP contribution in [0.25, 0.3) is 0 Å². The summed E-state index contributed by atoms with van der Waals surface area (Å²) in [5.74, 6) is -0.421. The fourth-order valence-corrected chi connectivity index (χ4v) is 3.01. The predicted octanol–water partition coefficient (Wildman–Crippen LogP) is 2.37. The lowest BCUT2D eigenvalue weighted by atomic mass is 10.1. The van der Waals surface area contributed by atoms with Crippen LogP contribution in [0.15, 0.2) is 22.2 Å². The Morgan fingerprint density at radius 1 is 1.37 bits per heavy atom. The van der Waals surface area contributed by atoms with Crippen LogP contribution in [0, 0.1) is 0 Å². The highest BCUT2D eigenvalue weighted by Crippen LogP contribution is 2.41. The Morgan fingerprint density at radius 3 is 2.68 bits per heavy atom. The third-order valence-electron chi connectivity index (χ3n) is 3.23. The summed E-state index contributed by atoms with van der Waals surface area (Å²) in [5.41, 5.74) is 0.474. The van der Waals surface area contributed by atoms with Gasteiger partial charge in [0.05, 0.1) is 31.4 Å². The number of esters is 1. The number of fused-ring (bicyclic) bond motifs is 2. The van der Waals surface area contributed by atoms with E-state index in [-0.39, 0.29) is 12.1 Å². The first-order chi connectivity index (χ1) is 9.11. The lowest BCUT2D eigenvalue weighted by Crippen LogP contribution is -2.39. The Kier molecular flexibility index (Phi) is 4.29. The van der Waals surface area contributed by atoms with Gasteiger partial charge in [0, 0.05) is 4.48 Å². The average molecular weight is 330 g/mol. The summed E-state index contributed by atoms with van der Waals surface area (Å²) >= 11 is 3.37. The van der Waals surface area contributed by atoms with Gasteiger partial charge in [0.2, 0.25) is 0 Å². The van der Waals surface area contributed by atoms with E-state index in [1.165, 1.54) is 7.11 Å². The molecular formula is C13H16BrNO4. The van der Waals surface area contributed by atoms with Gasteiger partial charge in [-0.25, -0.2) is 9.59 Å². The number of nitrogens with zero attached hydrogens (tertiary/aromatic N) is 1. The van der Waals surface area contributed by atoms with Gasteiger partial charge >= 0.3 is 12.1 Å². The maximum atomic E-state index is 12.0. The van der Waals surface area contributed by atoms with Crippen molar-refractivity contribution in [1.82, 2.24) is 4.90 Å². The second-order valence-electron chi connectivity index (χ2n) is 4.40. The smallest absolute Gasteiger partial charge is 0.411 e. The van der Waals surface area contributed by atoms with E-state index in [2.05, 4.69) is 15.9 Å². The molecule has 2 aliphatic heterocycles. The first-order valence-electron chi connectivity index (χ1n) is 6.23. The minimum Gasteiger partial charge on any atom is -0.466 e. The lowest BCUT2D eigenvalue weighted by Gasteiger charge is -2.22. The monoisotopic (exact) mass is 329 g/mol. The molecule has 0 aliphatic carbocycles. The highest BCUT2D eigenvalue weighted by molar-refractivity contribution is 9.11. The van der Waals surface area contributed by atoms with Crippen LogP contribution in [0.3, 0.4) is 0 Å². The molecule has 0 spiro atoms. The molecule has 0 aromatic carbocycles. The SMILES string of the molecule is CCCCOC(=O)N1C2C=CC1C(C(=O)OC)=C2Br. The fraction of sp³-hybridized carbons (Fsp3) is 0.538. The number of unbranched alkanes of at least 4 members (excludes halogenated alkanes) is 1. The molecule has 0 saturated heterocycles. The highest BCUT2D eigenvalue weighted by atomic mass is 79.9. The van der Waals surface area contributed by atoms with E-state index < -0.39 is 12.1 Å². The van der Waals surface area contributed by atoms with E-state index in [4.69, 9.17) is 9.47 Å². The van der Waals surface area contributed by atoms with Gasteiger partial charge in [-0.3, -0.25) is 4.90 Å². The van der Waals surface area contributed by atoms with Crippen molar-refractivity contribution < 1.29 is 19.1 Å². The molecule has 2 atom stereocenters. The first-order valence-corrected chi connectivity index (χ1v) is 7.02. The van der Waals surface area contributed by atoms with Crippen molar-refractivity contribution in [1.29, 1.82) is 0 Å². The van der Waals surface area contributed by atoms with Crippen molar-refractivity contribution >= 4 is 28.0 Å². The van der Waals surface area contributed by atoms with Crippen LogP contribution in [0.5, 0.6) is 0 Å². The Bertz CT molecular complexity index is 458. The van der Waals surface area contributed by atoms with E-state index in [9.17, 15) is 9.59 Å². The first kappa shape index (κ1) is 14.1.